The smallest absolute Gasteiger partial charge is 0.221 e. The molecule has 6 nitrogen and oxygen atoms in total. The van der Waals surface area contributed by atoms with Crippen molar-refractivity contribution >= 4 is 28.4 Å². The van der Waals surface area contributed by atoms with E-state index in [9.17, 15) is 0 Å². The van der Waals surface area contributed by atoms with Crippen LogP contribution in [-0.2, 0) is 13.0 Å². The van der Waals surface area contributed by atoms with Gasteiger partial charge in [0.1, 0.15) is 5.82 Å². The van der Waals surface area contributed by atoms with Crippen LogP contribution in [-0.4, -0.2) is 21.5 Å². The Hall–Kier alpha value is -3.67. The maximum Gasteiger partial charge on any atom is 0.221 e. The second-order valence-electron chi connectivity index (χ2n) is 7.07. The molecule has 6 heteroatoms. The maximum atomic E-state index is 6.00. The lowest BCUT2D eigenvalue weighted by molar-refractivity contribution is 0.830. The molecule has 0 radical (unpaired) electrons. The van der Waals surface area contributed by atoms with Crippen molar-refractivity contribution in [2.45, 2.75) is 13.0 Å². The fourth-order valence-electron chi connectivity index (χ4n) is 3.80. The van der Waals surface area contributed by atoms with Gasteiger partial charge in [-0.25, -0.2) is 4.98 Å². The quantitative estimate of drug-likeness (QED) is 0.575. The maximum absolute atomic E-state index is 6.00. The number of aromatic nitrogens is 3. The summed E-state index contributed by atoms with van der Waals surface area (Å²) in [6.07, 6.45) is 4.66. The minimum atomic E-state index is 0.205. The Morgan fingerprint density at radius 1 is 0.929 bits per heavy atom. The van der Waals surface area contributed by atoms with Crippen molar-refractivity contribution in [2.75, 3.05) is 22.9 Å². The van der Waals surface area contributed by atoms with E-state index in [1.165, 1.54) is 16.8 Å². The molecule has 28 heavy (non-hydrogen) atoms. The fourth-order valence-corrected chi connectivity index (χ4v) is 3.80. The number of hydrogen-bond acceptors (Lipinski definition) is 6. The Kier molecular flexibility index (Phi) is 3.83. The second kappa shape index (κ2) is 6.49. The standard InChI is InChI=1S/C22H20N6/c23-21-18(12-26-22(24)27-21)13-28-8-7-16-9-14(5-6-20(16)28)17-10-15-3-1-2-4-19(15)25-11-17/h1-6,9-12H,7-8,13H2,(H4,23,24,26,27). The lowest BCUT2D eigenvalue weighted by atomic mass is 10.0. The molecule has 5 rings (SSSR count). The van der Waals surface area contributed by atoms with Crippen LogP contribution in [0.3, 0.4) is 0 Å². The fraction of sp³-hybridized carbons (Fsp3) is 0.136. The van der Waals surface area contributed by atoms with Crippen LogP contribution in [0.5, 0.6) is 0 Å². The first-order valence-electron chi connectivity index (χ1n) is 9.27. The average molecular weight is 368 g/mol. The van der Waals surface area contributed by atoms with Crippen LogP contribution in [0, 0.1) is 0 Å². The van der Waals surface area contributed by atoms with E-state index in [4.69, 9.17) is 11.5 Å². The summed E-state index contributed by atoms with van der Waals surface area (Å²) in [6, 6.07) is 17.0. The summed E-state index contributed by atoms with van der Waals surface area (Å²) in [6.45, 7) is 1.62. The van der Waals surface area contributed by atoms with Gasteiger partial charge in [-0.05, 0) is 41.8 Å². The molecule has 138 valence electrons. The number of nitrogens with zero attached hydrogens (tertiary/aromatic N) is 4. The average Bonchev–Trinajstić information content (AvgIpc) is 3.12. The predicted octanol–water partition coefficient (Wildman–Crippen LogP) is 3.42. The number of nitrogens with two attached hydrogens (primary N) is 2. The Balaban J connectivity index is 1.44. The van der Waals surface area contributed by atoms with Gasteiger partial charge in [0.25, 0.3) is 0 Å². The van der Waals surface area contributed by atoms with Crippen molar-refractivity contribution in [3.05, 3.63) is 72.1 Å². The summed E-state index contributed by atoms with van der Waals surface area (Å²) in [7, 11) is 0. The third kappa shape index (κ3) is 2.89. The van der Waals surface area contributed by atoms with Crippen LogP contribution in [0.4, 0.5) is 17.5 Å². The van der Waals surface area contributed by atoms with Crippen LogP contribution >= 0.6 is 0 Å². The minimum absolute atomic E-state index is 0.205. The highest BCUT2D eigenvalue weighted by molar-refractivity contribution is 5.84. The molecule has 3 heterocycles. The minimum Gasteiger partial charge on any atom is -0.383 e. The van der Waals surface area contributed by atoms with Gasteiger partial charge in [-0.15, -0.1) is 0 Å². The van der Waals surface area contributed by atoms with E-state index in [0.717, 1.165) is 35.0 Å². The van der Waals surface area contributed by atoms with Crippen molar-refractivity contribution < 1.29 is 0 Å². The number of rotatable bonds is 3. The summed E-state index contributed by atoms with van der Waals surface area (Å²) in [4.78, 5) is 15.0. The van der Waals surface area contributed by atoms with Gasteiger partial charge in [-0.2, -0.15) is 4.98 Å². The summed E-state index contributed by atoms with van der Waals surface area (Å²) < 4.78 is 0. The van der Waals surface area contributed by atoms with Crippen LogP contribution < -0.4 is 16.4 Å². The van der Waals surface area contributed by atoms with Crippen molar-refractivity contribution in [1.29, 1.82) is 0 Å². The molecule has 4 aromatic rings. The van der Waals surface area contributed by atoms with Gasteiger partial charge >= 0.3 is 0 Å². The van der Waals surface area contributed by atoms with Crippen LogP contribution in [0.15, 0.2) is 60.9 Å². The number of nitrogen functional groups attached to an aromatic ring is 2. The highest BCUT2D eigenvalue weighted by atomic mass is 15.2. The zero-order valence-electron chi connectivity index (χ0n) is 15.3. The molecule has 1 aliphatic rings. The number of hydrogen-bond donors (Lipinski definition) is 2. The van der Waals surface area contributed by atoms with Gasteiger partial charge in [-0.1, -0.05) is 24.3 Å². The molecule has 0 bridgehead atoms. The van der Waals surface area contributed by atoms with Crippen molar-refractivity contribution in [2.24, 2.45) is 0 Å². The summed E-state index contributed by atoms with van der Waals surface area (Å²) in [5.74, 6) is 0.650. The molecule has 0 unspecified atom stereocenters. The Morgan fingerprint density at radius 3 is 2.71 bits per heavy atom. The monoisotopic (exact) mass is 368 g/mol. The van der Waals surface area contributed by atoms with E-state index in [-0.39, 0.29) is 5.95 Å². The lowest BCUT2D eigenvalue weighted by Crippen LogP contribution is -2.21. The number of anilines is 3. The molecule has 0 saturated heterocycles. The molecule has 0 saturated carbocycles. The molecule has 0 atom stereocenters. The van der Waals surface area contributed by atoms with E-state index in [1.807, 2.05) is 24.4 Å². The van der Waals surface area contributed by atoms with Crippen molar-refractivity contribution in [1.82, 2.24) is 15.0 Å². The van der Waals surface area contributed by atoms with Gasteiger partial charge in [0, 0.05) is 47.7 Å². The Labute approximate surface area is 162 Å². The van der Waals surface area contributed by atoms with Gasteiger partial charge in [0.2, 0.25) is 5.95 Å². The number of fused-ring (bicyclic) bond motifs is 2. The van der Waals surface area contributed by atoms with Gasteiger partial charge in [0.15, 0.2) is 0 Å². The van der Waals surface area contributed by atoms with Crippen LogP contribution in [0.1, 0.15) is 11.1 Å². The Morgan fingerprint density at radius 2 is 1.82 bits per heavy atom. The number of pyridine rings is 1. The third-order valence-electron chi connectivity index (χ3n) is 5.27. The van der Waals surface area contributed by atoms with Crippen LogP contribution in [0.2, 0.25) is 0 Å². The highest BCUT2D eigenvalue weighted by Gasteiger charge is 2.21. The van der Waals surface area contributed by atoms with Crippen molar-refractivity contribution in [3.63, 3.8) is 0 Å². The summed E-state index contributed by atoms with van der Waals surface area (Å²) in [5.41, 5.74) is 18.4. The van der Waals surface area contributed by atoms with E-state index in [0.29, 0.717) is 12.4 Å². The predicted molar refractivity (Wildman–Crippen MR) is 113 cm³/mol. The normalized spacial score (nSPS) is 13.1. The molecule has 0 spiro atoms. The van der Waals surface area contributed by atoms with E-state index >= 15 is 0 Å². The van der Waals surface area contributed by atoms with E-state index in [2.05, 4.69) is 50.2 Å². The molecule has 0 aliphatic carbocycles. The molecule has 2 aromatic heterocycles. The lowest BCUT2D eigenvalue weighted by Gasteiger charge is -2.20. The largest absolute Gasteiger partial charge is 0.383 e. The Bertz CT molecular complexity index is 1190. The van der Waals surface area contributed by atoms with Gasteiger partial charge in [0.05, 0.1) is 5.52 Å². The topological polar surface area (TPSA) is 94.0 Å². The first-order valence-corrected chi connectivity index (χ1v) is 9.27. The molecular weight excluding hydrogens is 348 g/mol. The molecule has 0 fully saturated rings. The first-order chi connectivity index (χ1) is 13.7. The molecule has 4 N–H and O–H groups in total. The van der Waals surface area contributed by atoms with Gasteiger partial charge < -0.3 is 16.4 Å². The number of para-hydroxylation sites is 1. The third-order valence-corrected chi connectivity index (χ3v) is 5.27. The first kappa shape index (κ1) is 16.5. The summed E-state index contributed by atoms with van der Waals surface area (Å²) in [5, 5.41) is 1.15. The zero-order chi connectivity index (χ0) is 19.1. The van der Waals surface area contributed by atoms with E-state index < -0.39 is 0 Å². The zero-order valence-corrected chi connectivity index (χ0v) is 15.3. The van der Waals surface area contributed by atoms with E-state index in [1.54, 1.807) is 6.20 Å². The summed E-state index contributed by atoms with van der Waals surface area (Å²) >= 11 is 0. The van der Waals surface area contributed by atoms with Gasteiger partial charge in [-0.3, -0.25) is 4.98 Å². The molecular formula is C22H20N6. The number of benzene rings is 2. The highest BCUT2D eigenvalue weighted by Crippen LogP contribution is 2.34. The molecule has 0 amide bonds. The second-order valence-corrected chi connectivity index (χ2v) is 7.07. The molecule has 2 aromatic carbocycles. The van der Waals surface area contributed by atoms with Crippen LogP contribution in [0.25, 0.3) is 22.0 Å². The van der Waals surface area contributed by atoms with Crippen molar-refractivity contribution in [3.8, 4) is 11.1 Å². The molecule has 1 aliphatic heterocycles. The SMILES string of the molecule is Nc1ncc(CN2CCc3cc(-c4cnc5ccccc5c4)ccc32)c(N)n1.